The molecule has 7 heteroatoms. The Bertz CT molecular complexity index is 1200. The zero-order valence-corrected chi connectivity index (χ0v) is 14.1. The average molecular weight is 366 g/mol. The van der Waals surface area contributed by atoms with E-state index in [0.717, 1.165) is 42.4 Å². The Kier molecular flexibility index (Phi) is 3.50. The highest BCUT2D eigenvalue weighted by Crippen LogP contribution is 2.37. The van der Waals surface area contributed by atoms with Crippen molar-refractivity contribution in [3.8, 4) is 22.5 Å². The normalized spacial score (nSPS) is 13.3. The average Bonchev–Trinajstić information content (AvgIpc) is 3.25. The van der Waals surface area contributed by atoms with Crippen LogP contribution >= 0.6 is 0 Å². The van der Waals surface area contributed by atoms with Gasteiger partial charge in [-0.3, -0.25) is 9.97 Å². The van der Waals surface area contributed by atoms with Crippen molar-refractivity contribution in [1.82, 2.24) is 19.5 Å². The number of benzene rings is 2. The van der Waals surface area contributed by atoms with E-state index in [4.69, 9.17) is 0 Å². The molecule has 0 aliphatic carbocycles. The fourth-order valence-electron chi connectivity index (χ4n) is 3.62. The summed E-state index contributed by atoms with van der Waals surface area (Å²) in [6, 6.07) is 6.98. The van der Waals surface area contributed by atoms with Gasteiger partial charge in [0.2, 0.25) is 0 Å². The lowest BCUT2D eigenvalue weighted by Crippen LogP contribution is -1.98. The summed E-state index contributed by atoms with van der Waals surface area (Å²) in [5, 5.41) is 0. The third kappa shape index (κ3) is 2.50. The first-order valence-corrected chi connectivity index (χ1v) is 8.57. The molecule has 134 valence electrons. The van der Waals surface area contributed by atoms with E-state index >= 15 is 0 Å². The minimum Gasteiger partial charge on any atom is -0.327 e. The number of rotatable bonds is 2. The number of hydrogen-bond donors (Lipinski definition) is 0. The molecule has 2 aromatic heterocycles. The zero-order valence-electron chi connectivity index (χ0n) is 14.1. The van der Waals surface area contributed by atoms with Crippen LogP contribution in [0.4, 0.5) is 13.2 Å². The molecule has 0 unspecified atom stereocenters. The van der Waals surface area contributed by atoms with Gasteiger partial charge in [-0.2, -0.15) is 0 Å². The second-order valence-corrected chi connectivity index (χ2v) is 6.49. The van der Waals surface area contributed by atoms with Crippen LogP contribution in [0.2, 0.25) is 0 Å². The Morgan fingerprint density at radius 2 is 1.63 bits per heavy atom. The van der Waals surface area contributed by atoms with E-state index in [2.05, 4.69) is 15.0 Å². The Morgan fingerprint density at radius 3 is 2.48 bits per heavy atom. The quantitative estimate of drug-likeness (QED) is 0.490. The van der Waals surface area contributed by atoms with Crippen LogP contribution < -0.4 is 0 Å². The smallest absolute Gasteiger partial charge is 0.161 e. The molecule has 0 spiro atoms. The Balaban J connectivity index is 1.78. The molecule has 0 saturated carbocycles. The van der Waals surface area contributed by atoms with Gasteiger partial charge in [-0.05, 0) is 24.6 Å². The Labute approximate surface area is 152 Å². The van der Waals surface area contributed by atoms with Gasteiger partial charge >= 0.3 is 0 Å². The van der Waals surface area contributed by atoms with Gasteiger partial charge in [0.15, 0.2) is 11.6 Å². The van der Waals surface area contributed by atoms with Gasteiger partial charge in [0, 0.05) is 42.6 Å². The summed E-state index contributed by atoms with van der Waals surface area (Å²) >= 11 is 0. The van der Waals surface area contributed by atoms with Crippen LogP contribution in [-0.2, 0) is 13.0 Å². The first-order chi connectivity index (χ1) is 13.1. The molecule has 0 radical (unpaired) electrons. The number of aromatic nitrogens is 4. The van der Waals surface area contributed by atoms with E-state index in [1.165, 1.54) is 0 Å². The van der Waals surface area contributed by atoms with E-state index < -0.39 is 17.5 Å². The second-order valence-electron chi connectivity index (χ2n) is 6.49. The lowest BCUT2D eigenvalue weighted by Gasteiger charge is -2.10. The molecule has 4 nitrogen and oxygen atoms in total. The first-order valence-electron chi connectivity index (χ1n) is 8.57. The van der Waals surface area contributed by atoms with E-state index in [9.17, 15) is 13.2 Å². The number of imidazole rings is 1. The van der Waals surface area contributed by atoms with Gasteiger partial charge in [0.1, 0.15) is 11.6 Å². The predicted octanol–water partition coefficient (Wildman–Crippen LogP) is 4.52. The fraction of sp³-hybridized carbons (Fsp3) is 0.150. The van der Waals surface area contributed by atoms with Crippen molar-refractivity contribution in [2.24, 2.45) is 0 Å². The number of aryl methyl sites for hydroxylation is 1. The molecule has 27 heavy (non-hydrogen) atoms. The summed E-state index contributed by atoms with van der Waals surface area (Å²) in [4.78, 5) is 13.1. The lowest BCUT2D eigenvalue weighted by molar-refractivity contribution is 0.496. The van der Waals surface area contributed by atoms with Crippen molar-refractivity contribution < 1.29 is 13.2 Å². The van der Waals surface area contributed by atoms with E-state index in [0.29, 0.717) is 23.0 Å². The lowest BCUT2D eigenvalue weighted by atomic mass is 10.0. The number of halogens is 3. The molecular formula is C20H13F3N4. The minimum absolute atomic E-state index is 0.0509. The Morgan fingerprint density at radius 1 is 0.852 bits per heavy atom. The van der Waals surface area contributed by atoms with Gasteiger partial charge in [0.25, 0.3) is 0 Å². The van der Waals surface area contributed by atoms with Crippen molar-refractivity contribution in [2.45, 2.75) is 19.4 Å². The topological polar surface area (TPSA) is 43.6 Å². The van der Waals surface area contributed by atoms with E-state index in [-0.39, 0.29) is 5.56 Å². The molecule has 4 aromatic rings. The van der Waals surface area contributed by atoms with E-state index in [1.807, 2.05) is 22.8 Å². The molecule has 1 aliphatic rings. The molecule has 0 N–H and O–H groups in total. The Hall–Kier alpha value is -3.22. The molecular weight excluding hydrogens is 353 g/mol. The highest BCUT2D eigenvalue weighted by molar-refractivity contribution is 5.86. The molecule has 0 fully saturated rings. The SMILES string of the molecule is Fc1cc(F)c(-c2nc3n(c2-c2ccc4nccnc4c2)CCC3)cc1F. The first kappa shape index (κ1) is 16.0. The third-order valence-electron chi connectivity index (χ3n) is 4.84. The highest BCUT2D eigenvalue weighted by atomic mass is 19.2. The number of fused-ring (bicyclic) bond motifs is 2. The van der Waals surface area contributed by atoms with Gasteiger partial charge in [0.05, 0.1) is 22.4 Å². The van der Waals surface area contributed by atoms with Gasteiger partial charge in [-0.1, -0.05) is 6.07 Å². The van der Waals surface area contributed by atoms with Crippen molar-refractivity contribution in [1.29, 1.82) is 0 Å². The molecule has 0 saturated heterocycles. The van der Waals surface area contributed by atoms with Crippen molar-refractivity contribution in [3.05, 3.63) is 66.0 Å². The van der Waals surface area contributed by atoms with Gasteiger partial charge in [-0.25, -0.2) is 18.2 Å². The van der Waals surface area contributed by atoms with E-state index in [1.54, 1.807) is 12.4 Å². The van der Waals surface area contributed by atoms with Crippen LogP contribution in [0.25, 0.3) is 33.5 Å². The van der Waals surface area contributed by atoms with Crippen molar-refractivity contribution in [2.75, 3.05) is 0 Å². The van der Waals surface area contributed by atoms with Crippen LogP contribution in [0, 0.1) is 17.5 Å². The summed E-state index contributed by atoms with van der Waals surface area (Å²) in [7, 11) is 0. The maximum Gasteiger partial charge on any atom is 0.161 e. The van der Waals surface area contributed by atoms with Crippen molar-refractivity contribution >= 4 is 11.0 Å². The molecule has 3 heterocycles. The van der Waals surface area contributed by atoms with Crippen LogP contribution in [0.5, 0.6) is 0 Å². The molecule has 0 amide bonds. The van der Waals surface area contributed by atoms with Crippen LogP contribution in [-0.4, -0.2) is 19.5 Å². The summed E-state index contributed by atoms with van der Waals surface area (Å²) < 4.78 is 43.6. The van der Waals surface area contributed by atoms with Crippen LogP contribution in [0.15, 0.2) is 42.7 Å². The largest absolute Gasteiger partial charge is 0.327 e. The van der Waals surface area contributed by atoms with Crippen LogP contribution in [0.3, 0.4) is 0 Å². The second kappa shape index (κ2) is 5.90. The third-order valence-corrected chi connectivity index (χ3v) is 4.84. The standard InChI is InChI=1S/C20H13F3N4/c21-13-10-15(23)14(22)9-12(13)19-20(27-7-1-2-18(27)26-19)11-3-4-16-17(8-11)25-6-5-24-16/h3-6,8-10H,1-2,7H2. The molecule has 0 atom stereocenters. The van der Waals surface area contributed by atoms with Gasteiger partial charge < -0.3 is 4.57 Å². The highest BCUT2D eigenvalue weighted by Gasteiger charge is 2.26. The molecule has 2 aromatic carbocycles. The summed E-state index contributed by atoms with van der Waals surface area (Å²) in [6.45, 7) is 0.738. The van der Waals surface area contributed by atoms with Gasteiger partial charge in [-0.15, -0.1) is 0 Å². The molecule has 0 bridgehead atoms. The molecule has 5 rings (SSSR count). The fourth-order valence-corrected chi connectivity index (χ4v) is 3.62. The number of nitrogens with zero attached hydrogens (tertiary/aromatic N) is 4. The zero-order chi connectivity index (χ0) is 18.5. The maximum absolute atomic E-state index is 14.4. The van der Waals surface area contributed by atoms with Crippen molar-refractivity contribution in [3.63, 3.8) is 0 Å². The monoisotopic (exact) mass is 366 g/mol. The summed E-state index contributed by atoms with van der Waals surface area (Å²) in [5.74, 6) is -2.35. The summed E-state index contributed by atoms with van der Waals surface area (Å²) in [5.41, 5.74) is 3.15. The molecule has 1 aliphatic heterocycles. The maximum atomic E-state index is 14.4. The summed E-state index contributed by atoms with van der Waals surface area (Å²) in [6.07, 6.45) is 4.90. The minimum atomic E-state index is -1.22. The number of hydrogen-bond acceptors (Lipinski definition) is 3. The predicted molar refractivity (Wildman–Crippen MR) is 94.4 cm³/mol. The van der Waals surface area contributed by atoms with Crippen LogP contribution in [0.1, 0.15) is 12.2 Å².